The van der Waals surface area contributed by atoms with Crippen LogP contribution in [0.25, 0.3) is 0 Å². The van der Waals surface area contributed by atoms with Gasteiger partial charge in [-0.2, -0.15) is 0 Å². The molecule has 1 saturated heterocycles. The lowest BCUT2D eigenvalue weighted by atomic mass is 10.2. The highest BCUT2D eigenvalue weighted by Crippen LogP contribution is 2.13. The predicted octanol–water partition coefficient (Wildman–Crippen LogP) is 0.779. The van der Waals surface area contributed by atoms with Gasteiger partial charge in [0.05, 0.1) is 0 Å². The van der Waals surface area contributed by atoms with E-state index in [-0.39, 0.29) is 11.8 Å². The predicted molar refractivity (Wildman–Crippen MR) is 96.6 cm³/mol. The maximum atomic E-state index is 12.5. The molecule has 8 nitrogen and oxygen atoms in total. The first-order valence-corrected chi connectivity index (χ1v) is 8.56. The van der Waals surface area contributed by atoms with Gasteiger partial charge < -0.3 is 15.1 Å². The van der Waals surface area contributed by atoms with Gasteiger partial charge in [-0.05, 0) is 24.6 Å². The van der Waals surface area contributed by atoms with Crippen molar-refractivity contribution in [2.45, 2.75) is 20.4 Å². The minimum atomic E-state index is -0.247. The molecule has 0 atom stereocenters. The summed E-state index contributed by atoms with van der Waals surface area (Å²) in [5, 5.41) is 2.85. The summed E-state index contributed by atoms with van der Waals surface area (Å²) in [5.74, 6) is 0.355. The number of anilines is 1. The molecule has 0 saturated carbocycles. The lowest BCUT2D eigenvalue weighted by Gasteiger charge is -2.34. The number of piperazine rings is 1. The molecule has 0 aliphatic carbocycles. The molecule has 2 aromatic rings. The molecule has 3 rings (SSSR count). The summed E-state index contributed by atoms with van der Waals surface area (Å²) >= 11 is 0. The molecule has 136 valence electrons. The fourth-order valence-corrected chi connectivity index (χ4v) is 2.81. The first kappa shape index (κ1) is 17.8. The zero-order valence-electron chi connectivity index (χ0n) is 15.0. The van der Waals surface area contributed by atoms with E-state index in [0.29, 0.717) is 44.4 Å². The van der Waals surface area contributed by atoms with E-state index in [4.69, 9.17) is 0 Å². The molecule has 1 aliphatic rings. The Morgan fingerprint density at radius 3 is 2.62 bits per heavy atom. The van der Waals surface area contributed by atoms with Gasteiger partial charge in [-0.15, -0.1) is 0 Å². The van der Waals surface area contributed by atoms with E-state index in [0.717, 1.165) is 11.3 Å². The second-order valence-corrected chi connectivity index (χ2v) is 6.23. The number of pyridine rings is 1. The molecule has 8 heteroatoms. The third-order valence-corrected chi connectivity index (χ3v) is 4.26. The van der Waals surface area contributed by atoms with Gasteiger partial charge in [0.25, 0.3) is 5.91 Å². The number of rotatable bonds is 4. The monoisotopic (exact) mass is 354 g/mol. The van der Waals surface area contributed by atoms with Crippen molar-refractivity contribution < 1.29 is 9.59 Å². The van der Waals surface area contributed by atoms with E-state index < -0.39 is 0 Å². The number of aromatic nitrogens is 3. The Hall–Kier alpha value is -3.03. The summed E-state index contributed by atoms with van der Waals surface area (Å²) < 4.78 is 0. The van der Waals surface area contributed by atoms with Crippen LogP contribution in [0.3, 0.4) is 0 Å². The van der Waals surface area contributed by atoms with Crippen LogP contribution in [0.4, 0.5) is 5.95 Å². The van der Waals surface area contributed by atoms with Crippen LogP contribution in [0, 0.1) is 6.92 Å². The summed E-state index contributed by atoms with van der Waals surface area (Å²) in [7, 11) is 0. The van der Waals surface area contributed by atoms with Gasteiger partial charge in [0.1, 0.15) is 5.69 Å². The molecule has 1 N–H and O–H groups in total. The van der Waals surface area contributed by atoms with Crippen molar-refractivity contribution in [3.8, 4) is 0 Å². The van der Waals surface area contributed by atoms with Crippen molar-refractivity contribution in [3.05, 3.63) is 47.5 Å². The van der Waals surface area contributed by atoms with Gasteiger partial charge in [0.15, 0.2) is 0 Å². The third kappa shape index (κ3) is 4.33. The van der Waals surface area contributed by atoms with E-state index >= 15 is 0 Å². The van der Waals surface area contributed by atoms with Crippen molar-refractivity contribution in [2.75, 3.05) is 31.1 Å². The van der Waals surface area contributed by atoms with Crippen LogP contribution >= 0.6 is 0 Å². The molecule has 2 aromatic heterocycles. The normalized spacial score (nSPS) is 14.2. The average molecular weight is 354 g/mol. The van der Waals surface area contributed by atoms with Gasteiger partial charge in [0.2, 0.25) is 11.9 Å². The number of amides is 2. The van der Waals surface area contributed by atoms with Crippen LogP contribution in [-0.4, -0.2) is 57.8 Å². The van der Waals surface area contributed by atoms with E-state index in [2.05, 4.69) is 20.3 Å². The molecule has 26 heavy (non-hydrogen) atoms. The maximum absolute atomic E-state index is 12.5. The maximum Gasteiger partial charge on any atom is 0.270 e. The van der Waals surface area contributed by atoms with Crippen molar-refractivity contribution in [2.24, 2.45) is 0 Å². The number of nitrogens with one attached hydrogen (secondary N) is 1. The lowest BCUT2D eigenvalue weighted by molar-refractivity contribution is -0.129. The number of nitrogens with zero attached hydrogens (tertiary/aromatic N) is 5. The summed E-state index contributed by atoms with van der Waals surface area (Å²) in [6.45, 7) is 6.38. The van der Waals surface area contributed by atoms with Crippen LogP contribution in [0.5, 0.6) is 0 Å². The topological polar surface area (TPSA) is 91.3 Å². The molecule has 0 unspecified atom stereocenters. The quantitative estimate of drug-likeness (QED) is 0.872. The Bertz CT molecular complexity index is 788. The smallest absolute Gasteiger partial charge is 0.270 e. The average Bonchev–Trinajstić information content (AvgIpc) is 2.66. The summed E-state index contributed by atoms with van der Waals surface area (Å²) in [6.07, 6.45) is 3.41. The van der Waals surface area contributed by atoms with E-state index in [9.17, 15) is 9.59 Å². The van der Waals surface area contributed by atoms with Gasteiger partial charge in [-0.25, -0.2) is 9.97 Å². The van der Waals surface area contributed by atoms with Crippen molar-refractivity contribution in [3.63, 3.8) is 0 Å². The van der Waals surface area contributed by atoms with E-state index in [1.54, 1.807) is 30.3 Å². The fourth-order valence-electron chi connectivity index (χ4n) is 2.81. The van der Waals surface area contributed by atoms with E-state index in [1.807, 2.05) is 24.0 Å². The summed E-state index contributed by atoms with van der Waals surface area (Å²) in [6, 6.07) is 5.40. The molecule has 0 radical (unpaired) electrons. The van der Waals surface area contributed by atoms with Crippen molar-refractivity contribution >= 4 is 17.8 Å². The molecule has 0 spiro atoms. The number of hydrogen-bond donors (Lipinski definition) is 1. The first-order chi connectivity index (χ1) is 12.5. The summed E-state index contributed by atoms with van der Waals surface area (Å²) in [5.41, 5.74) is 1.99. The Balaban J connectivity index is 1.67. The van der Waals surface area contributed by atoms with Crippen LogP contribution in [0.2, 0.25) is 0 Å². The fraction of sp³-hybridized carbons (Fsp3) is 0.389. The molecule has 1 fully saturated rings. The van der Waals surface area contributed by atoms with E-state index in [1.165, 1.54) is 0 Å². The largest absolute Gasteiger partial charge is 0.347 e. The highest BCUT2D eigenvalue weighted by Gasteiger charge is 2.21. The molecule has 0 bridgehead atoms. The molecule has 2 amide bonds. The number of carbonyl (C=O) groups excluding carboxylic acids is 2. The highest BCUT2D eigenvalue weighted by atomic mass is 16.2. The Morgan fingerprint density at radius 1 is 1.19 bits per heavy atom. The third-order valence-electron chi connectivity index (χ3n) is 4.26. The minimum absolute atomic E-state index is 0.0743. The molecule has 1 aliphatic heterocycles. The zero-order valence-corrected chi connectivity index (χ0v) is 15.0. The molecule has 0 aromatic carbocycles. The second kappa shape index (κ2) is 7.90. The number of aryl methyl sites for hydroxylation is 1. The zero-order chi connectivity index (χ0) is 18.5. The van der Waals surface area contributed by atoms with Crippen molar-refractivity contribution in [1.82, 2.24) is 25.2 Å². The highest BCUT2D eigenvalue weighted by molar-refractivity contribution is 5.92. The van der Waals surface area contributed by atoms with Crippen LogP contribution < -0.4 is 10.2 Å². The van der Waals surface area contributed by atoms with Crippen LogP contribution in [0.15, 0.2) is 30.6 Å². The van der Waals surface area contributed by atoms with Crippen molar-refractivity contribution in [1.29, 1.82) is 0 Å². The Kier molecular flexibility index (Phi) is 5.40. The molecular weight excluding hydrogens is 332 g/mol. The minimum Gasteiger partial charge on any atom is -0.347 e. The standard InChI is InChI=1S/C18H22N6O2/c1-13-10-16(17(26)20-12-15-4-3-5-19-11-15)22-18(21-13)24-8-6-23(7-9-24)14(2)25/h3-5,10-11H,6-9,12H2,1-2H3,(H,20,26). The number of hydrogen-bond acceptors (Lipinski definition) is 6. The van der Waals surface area contributed by atoms with Crippen LogP contribution in [0.1, 0.15) is 28.7 Å². The Labute approximate surface area is 152 Å². The van der Waals surface area contributed by atoms with Gasteiger partial charge in [0, 0.05) is 57.7 Å². The SMILES string of the molecule is CC(=O)N1CCN(c2nc(C)cc(C(=O)NCc3cccnc3)n2)CC1. The molecule has 3 heterocycles. The Morgan fingerprint density at radius 2 is 1.96 bits per heavy atom. The second-order valence-electron chi connectivity index (χ2n) is 6.23. The lowest BCUT2D eigenvalue weighted by Crippen LogP contribution is -2.48. The van der Waals surface area contributed by atoms with Gasteiger partial charge in [-0.3, -0.25) is 14.6 Å². The van der Waals surface area contributed by atoms with Crippen LogP contribution in [-0.2, 0) is 11.3 Å². The number of carbonyl (C=O) groups is 2. The van der Waals surface area contributed by atoms with Gasteiger partial charge in [-0.1, -0.05) is 6.07 Å². The first-order valence-electron chi connectivity index (χ1n) is 8.56. The molecular formula is C18H22N6O2. The van der Waals surface area contributed by atoms with Gasteiger partial charge >= 0.3 is 0 Å². The summed E-state index contributed by atoms with van der Waals surface area (Å²) in [4.78, 5) is 40.6.